The summed E-state index contributed by atoms with van der Waals surface area (Å²) in [6, 6.07) is 13.0. The Bertz CT molecular complexity index is 970. The molecule has 0 saturated heterocycles. The third-order valence-corrected chi connectivity index (χ3v) is 5.66. The Hall–Kier alpha value is -3.51. The quantitative estimate of drug-likeness (QED) is 0.0558. The summed E-state index contributed by atoms with van der Waals surface area (Å²) in [7, 11) is 0. The molecule has 0 N–H and O–H groups in total. The molecule has 0 fully saturated rings. The van der Waals surface area contributed by atoms with Crippen LogP contribution in [0.5, 0.6) is 11.5 Å². The lowest BCUT2D eigenvalue weighted by atomic mass is 10.1. The molecule has 8 heteroatoms. The predicted molar refractivity (Wildman–Crippen MR) is 139 cm³/mol. The highest BCUT2D eigenvalue weighted by Crippen LogP contribution is 2.19. The highest BCUT2D eigenvalue weighted by atomic mass is 16.5. The Labute approximate surface area is 213 Å². The smallest absolute Gasteiger partial charge is 0.343 e. The van der Waals surface area contributed by atoms with Crippen LogP contribution in [-0.4, -0.2) is 31.2 Å². The maximum Gasteiger partial charge on any atom is 0.343 e. The fourth-order valence-corrected chi connectivity index (χ4v) is 3.56. The van der Waals surface area contributed by atoms with E-state index in [4.69, 9.17) is 19.7 Å². The summed E-state index contributed by atoms with van der Waals surface area (Å²) in [4.78, 5) is 27.8. The van der Waals surface area contributed by atoms with Crippen molar-refractivity contribution in [2.24, 2.45) is 5.11 Å². The molecule has 0 spiro atoms. The standard InChI is InChI=1S/C28H37N3O5/c1-3-5-7-9-11-26(21-30-31-29)36-28(33)23-14-18-25(19-15-23)35-27(32)22-12-16-24(17-13-22)34-20-10-8-6-4-2/h12-19,26H,3-11,20-21H2,1-2H3. The number of carbonyl (C=O) groups excluding carboxylic acids is 2. The minimum absolute atomic E-state index is 0.104. The molecule has 0 aliphatic heterocycles. The van der Waals surface area contributed by atoms with E-state index in [2.05, 4.69) is 23.9 Å². The zero-order valence-electron chi connectivity index (χ0n) is 21.4. The van der Waals surface area contributed by atoms with Crippen LogP contribution < -0.4 is 9.47 Å². The van der Waals surface area contributed by atoms with E-state index in [1.807, 2.05) is 0 Å². The van der Waals surface area contributed by atoms with E-state index in [0.29, 0.717) is 29.9 Å². The summed E-state index contributed by atoms with van der Waals surface area (Å²) in [5.74, 6) is 0.0289. The van der Waals surface area contributed by atoms with E-state index in [1.165, 1.54) is 12.8 Å². The van der Waals surface area contributed by atoms with E-state index in [-0.39, 0.29) is 6.54 Å². The zero-order valence-corrected chi connectivity index (χ0v) is 21.4. The molecule has 0 aliphatic rings. The molecule has 36 heavy (non-hydrogen) atoms. The zero-order chi connectivity index (χ0) is 26.0. The largest absolute Gasteiger partial charge is 0.494 e. The third kappa shape index (κ3) is 10.8. The first kappa shape index (κ1) is 28.7. The van der Waals surface area contributed by atoms with Crippen LogP contribution in [-0.2, 0) is 4.74 Å². The predicted octanol–water partition coefficient (Wildman–Crippen LogP) is 7.67. The molecule has 0 saturated carbocycles. The molecule has 1 unspecified atom stereocenters. The van der Waals surface area contributed by atoms with Crippen molar-refractivity contribution in [2.75, 3.05) is 13.2 Å². The SMILES string of the molecule is CCCCCCOc1ccc(C(=O)Oc2ccc(C(=O)OC(CCCCCC)CN=[N+]=[N-])cc2)cc1. The Morgan fingerprint density at radius 1 is 0.806 bits per heavy atom. The van der Waals surface area contributed by atoms with Gasteiger partial charge >= 0.3 is 11.9 Å². The van der Waals surface area contributed by atoms with Crippen molar-refractivity contribution in [3.63, 3.8) is 0 Å². The lowest BCUT2D eigenvalue weighted by Gasteiger charge is -2.16. The molecule has 194 valence electrons. The maximum absolute atomic E-state index is 12.5. The lowest BCUT2D eigenvalue weighted by Crippen LogP contribution is -2.21. The molecular formula is C28H37N3O5. The fourth-order valence-electron chi connectivity index (χ4n) is 3.56. The van der Waals surface area contributed by atoms with E-state index in [1.54, 1.807) is 48.5 Å². The monoisotopic (exact) mass is 495 g/mol. The molecule has 2 rings (SSSR count). The van der Waals surface area contributed by atoms with Crippen molar-refractivity contribution >= 4 is 11.9 Å². The Kier molecular flexibility index (Phi) is 13.6. The summed E-state index contributed by atoms with van der Waals surface area (Å²) < 4.78 is 16.7. The summed E-state index contributed by atoms with van der Waals surface area (Å²) >= 11 is 0. The third-order valence-electron chi connectivity index (χ3n) is 5.66. The van der Waals surface area contributed by atoms with Gasteiger partial charge in [-0.2, -0.15) is 0 Å². The average molecular weight is 496 g/mol. The number of ether oxygens (including phenoxy) is 3. The summed E-state index contributed by atoms with van der Waals surface area (Å²) in [6.07, 6.45) is 8.87. The molecule has 0 amide bonds. The number of hydrogen-bond donors (Lipinski definition) is 0. The van der Waals surface area contributed by atoms with E-state index in [9.17, 15) is 9.59 Å². The van der Waals surface area contributed by atoms with Gasteiger partial charge in [0, 0.05) is 4.91 Å². The second kappa shape index (κ2) is 17.0. The van der Waals surface area contributed by atoms with Crippen molar-refractivity contribution in [1.82, 2.24) is 0 Å². The van der Waals surface area contributed by atoms with Crippen molar-refractivity contribution in [2.45, 2.75) is 77.7 Å². The van der Waals surface area contributed by atoms with Gasteiger partial charge in [-0.25, -0.2) is 9.59 Å². The van der Waals surface area contributed by atoms with Crippen LogP contribution in [0.3, 0.4) is 0 Å². The Morgan fingerprint density at radius 3 is 2.00 bits per heavy atom. The number of hydrogen-bond acceptors (Lipinski definition) is 6. The number of esters is 2. The topological polar surface area (TPSA) is 111 Å². The minimum atomic E-state index is -0.508. The number of carbonyl (C=O) groups is 2. The first-order valence-electron chi connectivity index (χ1n) is 12.8. The highest BCUT2D eigenvalue weighted by Gasteiger charge is 2.16. The number of unbranched alkanes of at least 4 members (excludes halogenated alkanes) is 6. The van der Waals surface area contributed by atoms with Crippen LogP contribution >= 0.6 is 0 Å². The second-order valence-corrected chi connectivity index (χ2v) is 8.64. The van der Waals surface area contributed by atoms with Crippen molar-refractivity contribution in [3.05, 3.63) is 70.1 Å². The van der Waals surface area contributed by atoms with Crippen molar-refractivity contribution < 1.29 is 23.8 Å². The summed E-state index contributed by atoms with van der Waals surface area (Å²) in [5, 5.41) is 3.56. The molecule has 2 aromatic rings. The molecular weight excluding hydrogens is 458 g/mol. The normalized spacial score (nSPS) is 11.3. The minimum Gasteiger partial charge on any atom is -0.494 e. The highest BCUT2D eigenvalue weighted by molar-refractivity contribution is 5.92. The average Bonchev–Trinajstić information content (AvgIpc) is 2.90. The molecule has 0 heterocycles. The van der Waals surface area contributed by atoms with E-state index < -0.39 is 18.0 Å². The first-order chi connectivity index (χ1) is 17.6. The molecule has 0 radical (unpaired) electrons. The number of azide groups is 1. The molecule has 8 nitrogen and oxygen atoms in total. The van der Waals surface area contributed by atoms with Crippen LogP contribution in [0, 0.1) is 0 Å². The van der Waals surface area contributed by atoms with Gasteiger partial charge in [-0.05, 0) is 73.3 Å². The molecule has 0 bridgehead atoms. The van der Waals surface area contributed by atoms with Gasteiger partial charge in [-0.15, -0.1) is 0 Å². The fraction of sp³-hybridized carbons (Fsp3) is 0.500. The molecule has 0 aromatic heterocycles. The second-order valence-electron chi connectivity index (χ2n) is 8.64. The van der Waals surface area contributed by atoms with Crippen molar-refractivity contribution in [1.29, 1.82) is 0 Å². The molecule has 1 atom stereocenters. The number of nitrogens with zero attached hydrogens (tertiary/aromatic N) is 3. The number of rotatable bonds is 17. The van der Waals surface area contributed by atoms with Gasteiger partial charge in [-0.1, -0.05) is 57.5 Å². The van der Waals surface area contributed by atoms with Crippen LogP contribution in [0.1, 0.15) is 92.4 Å². The van der Waals surface area contributed by atoms with Gasteiger partial charge in [0.05, 0.1) is 24.3 Å². The van der Waals surface area contributed by atoms with Gasteiger partial charge in [0.25, 0.3) is 0 Å². The van der Waals surface area contributed by atoms with Gasteiger partial charge in [0.1, 0.15) is 17.6 Å². The van der Waals surface area contributed by atoms with Gasteiger partial charge < -0.3 is 14.2 Å². The van der Waals surface area contributed by atoms with Crippen LogP contribution in [0.2, 0.25) is 0 Å². The van der Waals surface area contributed by atoms with Gasteiger partial charge in [-0.3, -0.25) is 0 Å². The van der Waals surface area contributed by atoms with Gasteiger partial charge in [0.2, 0.25) is 0 Å². The van der Waals surface area contributed by atoms with Gasteiger partial charge in [0.15, 0.2) is 0 Å². The molecule has 0 aliphatic carbocycles. The van der Waals surface area contributed by atoms with E-state index in [0.717, 1.165) is 44.3 Å². The molecule has 2 aromatic carbocycles. The maximum atomic E-state index is 12.5. The number of benzene rings is 2. The Morgan fingerprint density at radius 2 is 1.39 bits per heavy atom. The lowest BCUT2D eigenvalue weighted by molar-refractivity contribution is 0.0297. The summed E-state index contributed by atoms with van der Waals surface area (Å²) in [5.41, 5.74) is 9.34. The first-order valence-corrected chi connectivity index (χ1v) is 12.8. The van der Waals surface area contributed by atoms with Crippen molar-refractivity contribution in [3.8, 4) is 11.5 Å². The van der Waals surface area contributed by atoms with E-state index >= 15 is 0 Å². The Balaban J connectivity index is 1.86. The van der Waals surface area contributed by atoms with Crippen LogP contribution in [0.15, 0.2) is 53.6 Å². The summed E-state index contributed by atoms with van der Waals surface area (Å²) in [6.45, 7) is 5.06. The van der Waals surface area contributed by atoms with Crippen LogP contribution in [0.4, 0.5) is 0 Å². The van der Waals surface area contributed by atoms with Crippen LogP contribution in [0.25, 0.3) is 10.4 Å².